The Labute approximate surface area is 140 Å². The van der Waals surface area contributed by atoms with Gasteiger partial charge < -0.3 is 10.6 Å². The molecule has 1 amide bonds. The highest BCUT2D eigenvalue weighted by atomic mass is 35.5. The van der Waals surface area contributed by atoms with Crippen LogP contribution in [0.4, 0.5) is 11.4 Å². The lowest BCUT2D eigenvalue weighted by atomic mass is 10.1. The van der Waals surface area contributed by atoms with Gasteiger partial charge in [0.2, 0.25) is 5.91 Å². The molecule has 2 rings (SSSR count). The molecule has 0 spiro atoms. The lowest BCUT2D eigenvalue weighted by Crippen LogP contribution is -2.31. The summed E-state index contributed by atoms with van der Waals surface area (Å²) in [4.78, 5) is 12.2. The highest BCUT2D eigenvalue weighted by Gasteiger charge is 2.14. The second-order valence-electron chi connectivity index (χ2n) is 5.03. The number of anilines is 2. The molecule has 1 atom stereocenters. The summed E-state index contributed by atoms with van der Waals surface area (Å²) in [5.74, 6) is -0.161. The molecule has 0 aliphatic heterocycles. The average Bonchev–Trinajstić information content (AvgIpc) is 2.50. The molecule has 2 N–H and O–H groups in total. The molecule has 0 aliphatic carbocycles. The van der Waals surface area contributed by atoms with Crippen LogP contribution in [0.1, 0.15) is 19.4 Å². The van der Waals surface area contributed by atoms with Gasteiger partial charge in [-0.1, -0.05) is 42.3 Å². The van der Waals surface area contributed by atoms with Crippen LogP contribution >= 0.6 is 23.2 Å². The highest BCUT2D eigenvalue weighted by molar-refractivity contribution is 6.36. The Morgan fingerprint density at radius 3 is 2.64 bits per heavy atom. The summed E-state index contributed by atoms with van der Waals surface area (Å²) in [6, 6.07) is 12.6. The largest absolute Gasteiger partial charge is 0.374 e. The molecule has 0 aliphatic rings. The number of halogens is 2. The van der Waals surface area contributed by atoms with E-state index >= 15 is 0 Å². The topological polar surface area (TPSA) is 41.1 Å². The van der Waals surface area contributed by atoms with E-state index < -0.39 is 0 Å². The molecule has 0 aromatic heterocycles. The molecule has 0 radical (unpaired) electrons. The maximum Gasteiger partial charge on any atom is 0.246 e. The van der Waals surface area contributed by atoms with Gasteiger partial charge in [0.05, 0.1) is 10.7 Å². The molecule has 0 saturated heterocycles. The van der Waals surface area contributed by atoms with Crippen molar-refractivity contribution in [1.82, 2.24) is 0 Å². The molecular formula is C17H18Cl2N2O. The summed E-state index contributed by atoms with van der Waals surface area (Å²) in [5, 5.41) is 6.93. The lowest BCUT2D eigenvalue weighted by Gasteiger charge is -2.16. The van der Waals surface area contributed by atoms with Crippen LogP contribution in [0.5, 0.6) is 0 Å². The van der Waals surface area contributed by atoms with Crippen molar-refractivity contribution in [2.75, 3.05) is 10.6 Å². The standard InChI is InChI=1S/C17H18Cl2N2O/c1-3-12-5-4-6-14(9-12)20-11(2)17(22)21-16-8-7-13(18)10-15(16)19/h4-11,20H,3H2,1-2H3,(H,21,22)/t11-/m0/s1. The number of nitrogens with one attached hydrogen (secondary N) is 2. The number of rotatable bonds is 5. The number of carbonyl (C=O) groups excluding carboxylic acids is 1. The van der Waals surface area contributed by atoms with Crippen LogP contribution in [0.15, 0.2) is 42.5 Å². The average molecular weight is 337 g/mol. The van der Waals surface area contributed by atoms with Gasteiger partial charge in [-0.25, -0.2) is 0 Å². The molecule has 5 heteroatoms. The van der Waals surface area contributed by atoms with Crippen molar-refractivity contribution in [1.29, 1.82) is 0 Å². The zero-order valence-electron chi connectivity index (χ0n) is 12.5. The molecular weight excluding hydrogens is 319 g/mol. The number of carbonyl (C=O) groups is 1. The SMILES string of the molecule is CCc1cccc(N[C@@H](C)C(=O)Nc2ccc(Cl)cc2Cl)c1. The molecule has 0 saturated carbocycles. The zero-order chi connectivity index (χ0) is 16.1. The van der Waals surface area contributed by atoms with Crippen molar-refractivity contribution in [3.8, 4) is 0 Å². The van der Waals surface area contributed by atoms with Crippen LogP contribution in [0.3, 0.4) is 0 Å². The van der Waals surface area contributed by atoms with Crippen molar-refractivity contribution >= 4 is 40.5 Å². The maximum atomic E-state index is 12.2. The quantitative estimate of drug-likeness (QED) is 0.806. The Balaban J connectivity index is 2.02. The number of hydrogen-bond donors (Lipinski definition) is 2. The van der Waals surface area contributed by atoms with E-state index in [-0.39, 0.29) is 11.9 Å². The molecule has 0 bridgehead atoms. The minimum absolute atomic E-state index is 0.161. The molecule has 0 unspecified atom stereocenters. The van der Waals surface area contributed by atoms with E-state index in [2.05, 4.69) is 23.6 Å². The predicted molar refractivity (Wildman–Crippen MR) is 94.0 cm³/mol. The van der Waals surface area contributed by atoms with E-state index in [1.165, 1.54) is 5.56 Å². The maximum absolute atomic E-state index is 12.2. The minimum atomic E-state index is -0.390. The Hall–Kier alpha value is -1.71. The number of benzene rings is 2. The van der Waals surface area contributed by atoms with Crippen molar-refractivity contribution in [3.05, 3.63) is 58.1 Å². The smallest absolute Gasteiger partial charge is 0.246 e. The molecule has 2 aromatic rings. The second kappa shape index (κ2) is 7.52. The Morgan fingerprint density at radius 1 is 1.18 bits per heavy atom. The first-order chi connectivity index (χ1) is 10.5. The fourth-order valence-corrected chi connectivity index (χ4v) is 2.48. The molecule has 3 nitrogen and oxygen atoms in total. The first-order valence-corrected chi connectivity index (χ1v) is 7.86. The van der Waals surface area contributed by atoms with Crippen molar-refractivity contribution < 1.29 is 4.79 Å². The zero-order valence-corrected chi connectivity index (χ0v) is 14.0. The molecule has 116 valence electrons. The van der Waals surface area contributed by atoms with Crippen LogP contribution in [0.2, 0.25) is 10.0 Å². The van der Waals surface area contributed by atoms with Crippen molar-refractivity contribution in [3.63, 3.8) is 0 Å². The van der Waals surface area contributed by atoms with Crippen molar-refractivity contribution in [2.24, 2.45) is 0 Å². The second-order valence-corrected chi connectivity index (χ2v) is 5.88. The molecule has 2 aromatic carbocycles. The van der Waals surface area contributed by atoms with Crippen LogP contribution < -0.4 is 10.6 Å². The van der Waals surface area contributed by atoms with E-state index in [9.17, 15) is 4.79 Å². The normalized spacial score (nSPS) is 11.8. The monoisotopic (exact) mass is 336 g/mol. The van der Waals surface area contributed by atoms with E-state index in [4.69, 9.17) is 23.2 Å². The van der Waals surface area contributed by atoms with E-state index in [0.717, 1.165) is 12.1 Å². The number of amides is 1. The van der Waals surface area contributed by atoms with Gasteiger partial charge in [0.1, 0.15) is 6.04 Å². The lowest BCUT2D eigenvalue weighted by molar-refractivity contribution is -0.116. The molecule has 22 heavy (non-hydrogen) atoms. The van der Waals surface area contributed by atoms with E-state index in [1.807, 2.05) is 18.2 Å². The summed E-state index contributed by atoms with van der Waals surface area (Å²) in [6.45, 7) is 3.90. The Morgan fingerprint density at radius 2 is 1.95 bits per heavy atom. The summed E-state index contributed by atoms with van der Waals surface area (Å²) >= 11 is 11.9. The first kappa shape index (κ1) is 16.7. The summed E-state index contributed by atoms with van der Waals surface area (Å²) in [5.41, 5.74) is 2.69. The summed E-state index contributed by atoms with van der Waals surface area (Å²) in [6.07, 6.45) is 0.955. The van der Waals surface area contributed by atoms with Crippen LogP contribution in [-0.2, 0) is 11.2 Å². The van der Waals surface area contributed by atoms with Crippen LogP contribution in [0.25, 0.3) is 0 Å². The van der Waals surface area contributed by atoms with Crippen LogP contribution in [0, 0.1) is 0 Å². The third-order valence-corrected chi connectivity index (χ3v) is 3.85. The van der Waals surface area contributed by atoms with E-state index in [0.29, 0.717) is 15.7 Å². The highest BCUT2D eigenvalue weighted by Crippen LogP contribution is 2.25. The Bertz CT molecular complexity index is 673. The van der Waals surface area contributed by atoms with Gasteiger partial charge >= 0.3 is 0 Å². The van der Waals surface area contributed by atoms with Gasteiger partial charge in [0.25, 0.3) is 0 Å². The van der Waals surface area contributed by atoms with E-state index in [1.54, 1.807) is 25.1 Å². The fraction of sp³-hybridized carbons (Fsp3) is 0.235. The Kier molecular flexibility index (Phi) is 5.69. The number of aryl methyl sites for hydroxylation is 1. The third-order valence-electron chi connectivity index (χ3n) is 3.30. The molecule has 0 heterocycles. The van der Waals surface area contributed by atoms with Gasteiger partial charge in [-0.3, -0.25) is 4.79 Å². The third kappa shape index (κ3) is 4.39. The summed E-state index contributed by atoms with van der Waals surface area (Å²) in [7, 11) is 0. The van der Waals surface area contributed by atoms with Gasteiger partial charge in [-0.2, -0.15) is 0 Å². The van der Waals surface area contributed by atoms with Crippen LogP contribution in [-0.4, -0.2) is 11.9 Å². The number of hydrogen-bond acceptors (Lipinski definition) is 2. The minimum Gasteiger partial charge on any atom is -0.374 e. The predicted octanol–water partition coefficient (Wildman–Crippen LogP) is 4.99. The van der Waals surface area contributed by atoms with Gasteiger partial charge in [0.15, 0.2) is 0 Å². The summed E-state index contributed by atoms with van der Waals surface area (Å²) < 4.78 is 0. The first-order valence-electron chi connectivity index (χ1n) is 7.11. The van der Waals surface area contributed by atoms with Gasteiger partial charge in [-0.05, 0) is 49.2 Å². The van der Waals surface area contributed by atoms with Gasteiger partial charge in [0, 0.05) is 10.7 Å². The fourth-order valence-electron chi connectivity index (χ4n) is 2.03. The molecule has 0 fully saturated rings. The van der Waals surface area contributed by atoms with Crippen molar-refractivity contribution in [2.45, 2.75) is 26.3 Å². The van der Waals surface area contributed by atoms with Gasteiger partial charge in [-0.15, -0.1) is 0 Å².